The number of piperidine rings is 1. The number of carbonyl (C=O) groups is 1. The molecule has 12 heteroatoms. The fourth-order valence-corrected chi connectivity index (χ4v) is 5.88. The van der Waals surface area contributed by atoms with Gasteiger partial charge in [-0.05, 0) is 81.7 Å². The van der Waals surface area contributed by atoms with Crippen LogP contribution in [-0.2, 0) is 0 Å². The second-order valence-corrected chi connectivity index (χ2v) is 11.8. The van der Waals surface area contributed by atoms with Crippen LogP contribution in [0.5, 0.6) is 17.2 Å². The summed E-state index contributed by atoms with van der Waals surface area (Å²) in [6.07, 6.45) is 6.47. The molecule has 0 aliphatic carbocycles. The van der Waals surface area contributed by atoms with E-state index >= 15 is 4.39 Å². The third-order valence-electron chi connectivity index (χ3n) is 8.21. The van der Waals surface area contributed by atoms with Crippen LogP contribution >= 0.6 is 0 Å². The van der Waals surface area contributed by atoms with Gasteiger partial charge in [0.1, 0.15) is 5.82 Å². The highest BCUT2D eigenvalue weighted by atomic mass is 19.1. The van der Waals surface area contributed by atoms with Gasteiger partial charge in [0.25, 0.3) is 0 Å². The van der Waals surface area contributed by atoms with Crippen molar-refractivity contribution >= 4 is 29.2 Å². The fourth-order valence-electron chi connectivity index (χ4n) is 5.88. The van der Waals surface area contributed by atoms with Crippen molar-refractivity contribution in [2.24, 2.45) is 5.92 Å². The predicted octanol–water partition coefficient (Wildman–Crippen LogP) is 7.23. The largest absolute Gasteiger partial charge is 0.493 e. The van der Waals surface area contributed by atoms with E-state index in [1.54, 1.807) is 53.5 Å². The van der Waals surface area contributed by atoms with Gasteiger partial charge in [0.2, 0.25) is 5.95 Å². The quantitative estimate of drug-likeness (QED) is 0.167. The molecule has 1 aliphatic rings. The molecule has 11 nitrogen and oxygen atoms in total. The van der Waals surface area contributed by atoms with Gasteiger partial charge in [0.15, 0.2) is 23.1 Å². The minimum absolute atomic E-state index is 0.163. The zero-order valence-corrected chi connectivity index (χ0v) is 27.4. The molecule has 1 saturated heterocycles. The average molecular weight is 652 g/mol. The van der Waals surface area contributed by atoms with E-state index in [4.69, 9.17) is 14.2 Å². The van der Waals surface area contributed by atoms with Gasteiger partial charge >= 0.3 is 6.09 Å². The molecule has 5 aromatic rings. The maximum absolute atomic E-state index is 15.1. The van der Waals surface area contributed by atoms with Crippen molar-refractivity contribution in [3.63, 3.8) is 0 Å². The SMILES string of the molecule is COc1cc(-n2cccn2)ccc1OC(=O)N(c1ccnc(Nc2ccc(OCC3CCCN(C)C3)c(F)c2)n1)c1c(C)cccc1C. The van der Waals surface area contributed by atoms with E-state index in [-0.39, 0.29) is 23.3 Å². The number of aromatic nitrogens is 4. The van der Waals surface area contributed by atoms with Gasteiger partial charge in [-0.1, -0.05) is 18.2 Å². The summed E-state index contributed by atoms with van der Waals surface area (Å²) in [5.41, 5.74) is 3.44. The number of para-hydroxylation sites is 1. The Morgan fingerprint density at radius 3 is 2.56 bits per heavy atom. The molecular formula is C36H38FN7O4. The number of methoxy groups -OCH3 is 1. The van der Waals surface area contributed by atoms with Crippen LogP contribution in [0.2, 0.25) is 0 Å². The van der Waals surface area contributed by atoms with Crippen molar-refractivity contribution in [2.75, 3.05) is 44.1 Å². The van der Waals surface area contributed by atoms with E-state index in [9.17, 15) is 4.79 Å². The van der Waals surface area contributed by atoms with Crippen molar-refractivity contribution in [1.29, 1.82) is 0 Å². The lowest BCUT2D eigenvalue weighted by molar-refractivity contribution is 0.147. The second-order valence-electron chi connectivity index (χ2n) is 11.8. The van der Waals surface area contributed by atoms with E-state index in [0.717, 1.165) is 42.7 Å². The molecule has 248 valence electrons. The number of aryl methyl sites for hydroxylation is 2. The van der Waals surface area contributed by atoms with Gasteiger partial charge in [-0.3, -0.25) is 0 Å². The summed E-state index contributed by atoms with van der Waals surface area (Å²) in [4.78, 5) is 26.7. The molecule has 1 unspecified atom stereocenters. The summed E-state index contributed by atoms with van der Waals surface area (Å²) in [6, 6.07) is 18.9. The lowest BCUT2D eigenvalue weighted by atomic mass is 10.00. The smallest absolute Gasteiger partial charge is 0.425 e. The Labute approximate surface area is 278 Å². The predicted molar refractivity (Wildman–Crippen MR) is 182 cm³/mol. The Morgan fingerprint density at radius 2 is 1.83 bits per heavy atom. The minimum Gasteiger partial charge on any atom is -0.493 e. The highest BCUT2D eigenvalue weighted by Crippen LogP contribution is 2.35. The van der Waals surface area contributed by atoms with E-state index in [1.165, 1.54) is 24.3 Å². The third kappa shape index (κ3) is 7.39. The van der Waals surface area contributed by atoms with Crippen LogP contribution in [0.1, 0.15) is 24.0 Å². The maximum atomic E-state index is 15.1. The molecule has 6 rings (SSSR count). The van der Waals surface area contributed by atoms with Crippen LogP contribution in [0.4, 0.5) is 32.3 Å². The summed E-state index contributed by atoms with van der Waals surface area (Å²) < 4.78 is 34.1. The van der Waals surface area contributed by atoms with Crippen molar-refractivity contribution in [3.8, 4) is 22.9 Å². The number of benzene rings is 3. The lowest BCUT2D eigenvalue weighted by Gasteiger charge is -2.29. The average Bonchev–Trinajstić information content (AvgIpc) is 3.62. The highest BCUT2D eigenvalue weighted by Gasteiger charge is 2.27. The molecule has 1 fully saturated rings. The number of nitrogens with zero attached hydrogens (tertiary/aromatic N) is 6. The first-order valence-electron chi connectivity index (χ1n) is 15.8. The van der Waals surface area contributed by atoms with Crippen molar-refractivity contribution in [3.05, 3.63) is 102 Å². The second kappa shape index (κ2) is 14.5. The summed E-state index contributed by atoms with van der Waals surface area (Å²) in [5.74, 6) is 1.05. The number of hydrogen-bond acceptors (Lipinski definition) is 9. The van der Waals surface area contributed by atoms with E-state index in [1.807, 2.05) is 38.1 Å². The highest BCUT2D eigenvalue weighted by molar-refractivity contribution is 5.98. The summed E-state index contributed by atoms with van der Waals surface area (Å²) in [7, 11) is 3.59. The molecule has 1 aliphatic heterocycles. The molecule has 0 bridgehead atoms. The number of amides is 1. The monoisotopic (exact) mass is 651 g/mol. The lowest BCUT2D eigenvalue weighted by Crippen LogP contribution is -2.34. The van der Waals surface area contributed by atoms with Gasteiger partial charge in [-0.2, -0.15) is 10.1 Å². The van der Waals surface area contributed by atoms with Crippen molar-refractivity contribution < 1.29 is 23.4 Å². The summed E-state index contributed by atoms with van der Waals surface area (Å²) >= 11 is 0. The number of ether oxygens (including phenoxy) is 3. The number of rotatable bonds is 10. The minimum atomic E-state index is -0.709. The number of carbonyl (C=O) groups excluding carboxylic acids is 1. The van der Waals surface area contributed by atoms with Crippen LogP contribution in [0.25, 0.3) is 5.69 Å². The standard InChI is InChI=1S/C36H38FN7O4/c1-24-8-5-9-25(2)34(24)44(36(45)48-31-14-12-28(21-32(31)46-4)43-19-7-16-39-43)33-15-17-38-35(41-33)40-27-11-13-30(29(37)20-27)47-23-26-10-6-18-42(3)22-26/h5,7-9,11-17,19-21,26H,6,10,18,22-23H2,1-4H3,(H,38,40,41). The Kier molecular flexibility index (Phi) is 9.81. The Bertz CT molecular complexity index is 1860. The molecule has 3 heterocycles. The molecule has 48 heavy (non-hydrogen) atoms. The maximum Gasteiger partial charge on any atom is 0.425 e. The zero-order valence-electron chi connectivity index (χ0n) is 27.4. The zero-order chi connectivity index (χ0) is 33.6. The first-order valence-corrected chi connectivity index (χ1v) is 15.8. The van der Waals surface area contributed by atoms with Crippen LogP contribution in [0.3, 0.4) is 0 Å². The topological polar surface area (TPSA) is 107 Å². The van der Waals surface area contributed by atoms with Crippen molar-refractivity contribution in [1.82, 2.24) is 24.6 Å². The Balaban J connectivity index is 1.24. The molecule has 2 aromatic heterocycles. The van der Waals surface area contributed by atoms with Gasteiger partial charge in [-0.25, -0.2) is 23.8 Å². The normalized spacial score (nSPS) is 14.7. The van der Waals surface area contributed by atoms with E-state index in [0.29, 0.717) is 29.6 Å². The fraction of sp³-hybridized carbons (Fsp3) is 0.278. The molecule has 0 radical (unpaired) electrons. The van der Waals surface area contributed by atoms with Gasteiger partial charge in [0.05, 0.1) is 25.1 Å². The Hall–Kier alpha value is -5.49. The number of halogens is 1. The van der Waals surface area contributed by atoms with E-state index < -0.39 is 11.9 Å². The van der Waals surface area contributed by atoms with Crippen LogP contribution < -0.4 is 24.4 Å². The van der Waals surface area contributed by atoms with Crippen molar-refractivity contribution in [2.45, 2.75) is 26.7 Å². The van der Waals surface area contributed by atoms with Crippen LogP contribution in [0.15, 0.2) is 85.3 Å². The van der Waals surface area contributed by atoms with Gasteiger partial charge < -0.3 is 24.4 Å². The first kappa shape index (κ1) is 32.5. The third-order valence-corrected chi connectivity index (χ3v) is 8.21. The number of anilines is 4. The van der Waals surface area contributed by atoms with Crippen LogP contribution in [-0.4, -0.2) is 64.6 Å². The molecule has 0 spiro atoms. The molecule has 1 atom stereocenters. The number of likely N-dealkylation sites (tertiary alicyclic amines) is 1. The van der Waals surface area contributed by atoms with Gasteiger partial charge in [0, 0.05) is 54.9 Å². The summed E-state index contributed by atoms with van der Waals surface area (Å²) in [6.45, 7) is 6.29. The van der Waals surface area contributed by atoms with E-state index in [2.05, 4.69) is 32.3 Å². The number of nitrogens with one attached hydrogen (secondary N) is 1. The van der Waals surface area contributed by atoms with Gasteiger partial charge in [-0.15, -0.1) is 0 Å². The molecule has 1 N–H and O–H groups in total. The molecule has 0 saturated carbocycles. The number of hydrogen-bond donors (Lipinski definition) is 1. The summed E-state index contributed by atoms with van der Waals surface area (Å²) in [5, 5.41) is 7.31. The van der Waals surface area contributed by atoms with Crippen LogP contribution in [0, 0.1) is 25.6 Å². The Morgan fingerprint density at radius 1 is 1.02 bits per heavy atom. The first-order chi connectivity index (χ1) is 23.3. The molecule has 1 amide bonds. The molecular weight excluding hydrogens is 613 g/mol. The molecule has 3 aromatic carbocycles.